The Kier molecular flexibility index (Phi) is 6.60. The zero-order valence-electron chi connectivity index (χ0n) is 29.5. The van der Waals surface area contributed by atoms with Gasteiger partial charge in [-0.3, -0.25) is 0 Å². The maximum Gasteiger partial charge on any atom is 0.0640 e. The molecule has 6 aliphatic rings. The molecule has 4 aromatic carbocycles. The fourth-order valence-electron chi connectivity index (χ4n) is 14.9. The highest BCUT2D eigenvalue weighted by Crippen LogP contribution is 2.70. The molecule has 0 radical (unpaired) electrons. The SMILES string of the molecule is c1ccc2c(c1)sc1c(-n3c4ccccc4c4cc(C5CC6C7CCCCC7C7CCCC8C9CCCCC9C(C5)C6C78)ccc43)cccc12. The minimum absolute atomic E-state index is 0.723. The van der Waals surface area contributed by atoms with E-state index in [1.807, 2.05) is 11.3 Å². The van der Waals surface area contributed by atoms with Crippen molar-refractivity contribution < 1.29 is 0 Å². The molecule has 2 heteroatoms. The van der Waals surface area contributed by atoms with Crippen LogP contribution in [-0.4, -0.2) is 4.57 Å². The van der Waals surface area contributed by atoms with Crippen LogP contribution in [0.15, 0.2) is 84.9 Å². The lowest BCUT2D eigenvalue weighted by Crippen LogP contribution is -2.61. The smallest absolute Gasteiger partial charge is 0.0640 e. The molecule has 6 aromatic rings. The highest BCUT2D eigenvalue weighted by atomic mass is 32.1. The number of para-hydroxylation sites is 1. The Bertz CT molecular complexity index is 2230. The van der Waals surface area contributed by atoms with Gasteiger partial charge in [-0.15, -0.1) is 11.3 Å². The molecular weight excluding hydrogens is 623 g/mol. The number of aromatic nitrogens is 1. The van der Waals surface area contributed by atoms with Crippen molar-refractivity contribution in [3.05, 3.63) is 90.5 Å². The quantitative estimate of drug-likeness (QED) is 0.172. The first kappa shape index (κ1) is 29.5. The highest BCUT2D eigenvalue weighted by molar-refractivity contribution is 7.26. The van der Waals surface area contributed by atoms with E-state index in [0.717, 1.165) is 65.1 Å². The van der Waals surface area contributed by atoms with Crippen molar-refractivity contribution in [2.45, 2.75) is 89.4 Å². The van der Waals surface area contributed by atoms with Crippen molar-refractivity contribution in [1.82, 2.24) is 4.57 Å². The Morgan fingerprint density at radius 1 is 0.460 bits per heavy atom. The van der Waals surface area contributed by atoms with E-state index in [4.69, 9.17) is 0 Å². The monoisotopic (exact) mass is 673 g/mol. The highest BCUT2D eigenvalue weighted by Gasteiger charge is 2.63. The van der Waals surface area contributed by atoms with Gasteiger partial charge in [0.25, 0.3) is 0 Å². The molecule has 2 aromatic heterocycles. The van der Waals surface area contributed by atoms with Crippen molar-refractivity contribution >= 4 is 53.3 Å². The molecule has 0 spiro atoms. The Balaban J connectivity index is 0.995. The molecule has 50 heavy (non-hydrogen) atoms. The third-order valence-corrected chi connectivity index (χ3v) is 17.6. The number of fused-ring (bicyclic) bond motifs is 12. The van der Waals surface area contributed by atoms with Crippen LogP contribution in [0, 0.1) is 59.2 Å². The van der Waals surface area contributed by atoms with E-state index in [0.29, 0.717) is 0 Å². The largest absolute Gasteiger partial charge is 0.308 e. The molecule has 0 bridgehead atoms. The van der Waals surface area contributed by atoms with Crippen LogP contribution in [0.3, 0.4) is 0 Å². The summed E-state index contributed by atoms with van der Waals surface area (Å²) >= 11 is 1.95. The molecule has 254 valence electrons. The molecule has 6 aliphatic carbocycles. The van der Waals surface area contributed by atoms with Crippen LogP contribution >= 0.6 is 11.3 Å². The van der Waals surface area contributed by atoms with Crippen molar-refractivity contribution in [3.63, 3.8) is 0 Å². The molecule has 6 saturated carbocycles. The maximum absolute atomic E-state index is 2.69. The molecule has 2 heterocycles. The normalized spacial score (nSPS) is 36.4. The van der Waals surface area contributed by atoms with Crippen molar-refractivity contribution in [2.75, 3.05) is 0 Å². The molecule has 0 amide bonds. The summed E-state index contributed by atoms with van der Waals surface area (Å²) in [6.45, 7) is 0. The van der Waals surface area contributed by atoms with Crippen LogP contribution in [0.25, 0.3) is 47.7 Å². The first-order chi connectivity index (χ1) is 24.8. The Morgan fingerprint density at radius 3 is 1.78 bits per heavy atom. The third-order valence-electron chi connectivity index (χ3n) is 16.4. The summed E-state index contributed by atoms with van der Waals surface area (Å²) in [5.74, 6) is 11.1. The number of thiophene rings is 1. The lowest BCUT2D eigenvalue weighted by molar-refractivity contribution is -0.189. The second-order valence-corrected chi connectivity index (χ2v) is 19.1. The summed E-state index contributed by atoms with van der Waals surface area (Å²) < 4.78 is 5.37. The Labute approximate surface area is 301 Å². The minimum Gasteiger partial charge on any atom is -0.308 e. The van der Waals surface area contributed by atoms with Gasteiger partial charge in [0.15, 0.2) is 0 Å². The molecule has 8 atom stereocenters. The number of nitrogens with zero attached hydrogens (tertiary/aromatic N) is 1. The van der Waals surface area contributed by atoms with E-state index in [2.05, 4.69) is 89.5 Å². The van der Waals surface area contributed by atoms with E-state index in [9.17, 15) is 0 Å². The topological polar surface area (TPSA) is 4.93 Å². The van der Waals surface area contributed by atoms with Crippen LogP contribution in [0.2, 0.25) is 0 Å². The van der Waals surface area contributed by atoms with Gasteiger partial charge in [-0.1, -0.05) is 86.7 Å². The van der Waals surface area contributed by atoms with Crippen LogP contribution in [0.5, 0.6) is 0 Å². The Morgan fingerprint density at radius 2 is 1.04 bits per heavy atom. The number of rotatable bonds is 2. The summed E-state index contributed by atoms with van der Waals surface area (Å²) in [5, 5.41) is 5.64. The average molecular weight is 674 g/mol. The van der Waals surface area contributed by atoms with Crippen LogP contribution in [0.4, 0.5) is 0 Å². The fourth-order valence-corrected chi connectivity index (χ4v) is 16.1. The summed E-state index contributed by atoms with van der Waals surface area (Å²) in [5.41, 5.74) is 5.70. The predicted molar refractivity (Wildman–Crippen MR) is 211 cm³/mol. The molecule has 6 fully saturated rings. The number of hydrogen-bond donors (Lipinski definition) is 0. The van der Waals surface area contributed by atoms with Gasteiger partial charge in [0.1, 0.15) is 0 Å². The second kappa shape index (κ2) is 11.2. The summed E-state index contributed by atoms with van der Waals surface area (Å²) in [4.78, 5) is 0. The summed E-state index contributed by atoms with van der Waals surface area (Å²) in [6.07, 6.45) is 19.9. The van der Waals surface area contributed by atoms with Gasteiger partial charge >= 0.3 is 0 Å². The van der Waals surface area contributed by atoms with E-state index in [1.165, 1.54) is 86.2 Å². The van der Waals surface area contributed by atoms with Gasteiger partial charge in [-0.2, -0.15) is 0 Å². The van der Waals surface area contributed by atoms with E-state index in [-0.39, 0.29) is 0 Å². The zero-order valence-corrected chi connectivity index (χ0v) is 30.3. The van der Waals surface area contributed by atoms with Crippen LogP contribution in [-0.2, 0) is 0 Å². The molecule has 0 saturated heterocycles. The summed E-state index contributed by atoms with van der Waals surface area (Å²) in [7, 11) is 0. The lowest BCUT2D eigenvalue weighted by atomic mass is 9.37. The van der Waals surface area contributed by atoms with Gasteiger partial charge in [0.05, 0.1) is 21.4 Å². The predicted octanol–water partition coefficient (Wildman–Crippen LogP) is 13.6. The second-order valence-electron chi connectivity index (χ2n) is 18.0. The van der Waals surface area contributed by atoms with Crippen LogP contribution in [0.1, 0.15) is 95.0 Å². The number of hydrogen-bond acceptors (Lipinski definition) is 1. The van der Waals surface area contributed by atoms with E-state index >= 15 is 0 Å². The minimum atomic E-state index is 0.723. The molecule has 8 unspecified atom stereocenters. The van der Waals surface area contributed by atoms with Crippen molar-refractivity contribution in [3.8, 4) is 5.69 Å². The molecular formula is C48H51NS. The van der Waals surface area contributed by atoms with Gasteiger partial charge in [0, 0.05) is 26.2 Å². The zero-order chi connectivity index (χ0) is 32.5. The van der Waals surface area contributed by atoms with Crippen molar-refractivity contribution in [2.24, 2.45) is 59.2 Å². The average Bonchev–Trinajstić information content (AvgIpc) is 3.73. The molecule has 0 aliphatic heterocycles. The van der Waals surface area contributed by atoms with Gasteiger partial charge < -0.3 is 4.57 Å². The lowest BCUT2D eigenvalue weighted by Gasteiger charge is -2.68. The number of benzene rings is 4. The molecule has 1 nitrogen and oxygen atoms in total. The van der Waals surface area contributed by atoms with Gasteiger partial charge in [0.2, 0.25) is 0 Å². The van der Waals surface area contributed by atoms with Crippen LogP contribution < -0.4 is 0 Å². The fraction of sp³-hybridized carbons (Fsp3) is 0.500. The first-order valence-electron chi connectivity index (χ1n) is 20.8. The third kappa shape index (κ3) is 4.07. The Hall–Kier alpha value is -3.10. The van der Waals surface area contributed by atoms with Gasteiger partial charge in [-0.05, 0) is 152 Å². The summed E-state index contributed by atoms with van der Waals surface area (Å²) in [6, 6.07) is 33.0. The standard InChI is InChI=1S/C48H51NS/c1-3-13-32-30(11-1)36-17-9-18-37-31-12-2-4-14-33(31)41-27-29(26-40(32)47(41)46(36)37)28-23-24-43-39(25-28)34-15-5-7-20-42(34)49(43)44-21-10-19-38-35-16-6-8-22-45(35)50-48(38)44/h5-8,10,15-16,19-25,29-33,36-37,40-41,46-47H,1-4,9,11-14,17-18,26-27H2. The molecule has 12 rings (SSSR count). The molecule has 0 N–H and O–H groups in total. The maximum atomic E-state index is 2.69. The van der Waals surface area contributed by atoms with E-state index < -0.39 is 0 Å². The first-order valence-corrected chi connectivity index (χ1v) is 21.6. The van der Waals surface area contributed by atoms with Crippen molar-refractivity contribution in [1.29, 1.82) is 0 Å². The van der Waals surface area contributed by atoms with E-state index in [1.54, 1.807) is 50.5 Å². The van der Waals surface area contributed by atoms with Gasteiger partial charge in [-0.25, -0.2) is 0 Å².